The Bertz CT molecular complexity index is 333. The van der Waals surface area contributed by atoms with E-state index in [9.17, 15) is 4.79 Å². The highest BCUT2D eigenvalue weighted by atomic mass is 16.1. The van der Waals surface area contributed by atoms with E-state index in [-0.39, 0.29) is 0 Å². The van der Waals surface area contributed by atoms with Crippen molar-refractivity contribution in [1.29, 1.82) is 0 Å². The Labute approximate surface area is 82.5 Å². The van der Waals surface area contributed by atoms with E-state index in [0.29, 0.717) is 18.9 Å². The third-order valence-electron chi connectivity index (χ3n) is 2.34. The zero-order valence-electron chi connectivity index (χ0n) is 8.29. The van der Waals surface area contributed by atoms with E-state index in [1.54, 1.807) is 0 Å². The molecule has 0 bridgehead atoms. The first-order chi connectivity index (χ1) is 6.74. The van der Waals surface area contributed by atoms with Crippen LogP contribution in [0.3, 0.4) is 0 Å². The molecule has 1 aliphatic rings. The van der Waals surface area contributed by atoms with Gasteiger partial charge in [0.25, 0.3) is 0 Å². The van der Waals surface area contributed by atoms with Gasteiger partial charge in [0.2, 0.25) is 0 Å². The number of hydrogen-bond acceptors (Lipinski definition) is 4. The van der Waals surface area contributed by atoms with Gasteiger partial charge in [0.05, 0.1) is 13.1 Å². The fraction of sp³-hybridized carbons (Fsp3) is 0.667. The van der Waals surface area contributed by atoms with Crippen molar-refractivity contribution >= 4 is 5.78 Å². The second-order valence-corrected chi connectivity index (χ2v) is 3.69. The zero-order chi connectivity index (χ0) is 9.97. The van der Waals surface area contributed by atoms with Crippen molar-refractivity contribution in [3.05, 3.63) is 11.6 Å². The first-order valence-corrected chi connectivity index (χ1v) is 4.86. The summed E-state index contributed by atoms with van der Waals surface area (Å²) < 4.78 is 0. The smallest absolute Gasteiger partial charge is 0.164 e. The van der Waals surface area contributed by atoms with Crippen LogP contribution in [0.1, 0.15) is 24.5 Å². The Morgan fingerprint density at radius 2 is 2.43 bits per heavy atom. The summed E-state index contributed by atoms with van der Waals surface area (Å²) >= 11 is 0. The molecule has 1 aliphatic heterocycles. The molecular formula is C9H14N4O. The lowest BCUT2D eigenvalue weighted by Crippen LogP contribution is -2.35. The molecule has 2 rings (SSSR count). The van der Waals surface area contributed by atoms with Gasteiger partial charge in [0, 0.05) is 6.42 Å². The van der Waals surface area contributed by atoms with E-state index in [1.807, 2.05) is 6.92 Å². The molecule has 1 N–H and O–H groups in total. The molecule has 0 saturated carbocycles. The third kappa shape index (κ3) is 2.17. The Morgan fingerprint density at radius 3 is 3.07 bits per heavy atom. The second-order valence-electron chi connectivity index (χ2n) is 3.69. The number of carbonyl (C=O) groups is 1. The molecule has 0 aliphatic carbocycles. The van der Waals surface area contributed by atoms with E-state index < -0.39 is 0 Å². The van der Waals surface area contributed by atoms with E-state index >= 15 is 0 Å². The molecule has 1 saturated heterocycles. The van der Waals surface area contributed by atoms with Gasteiger partial charge in [0.1, 0.15) is 11.6 Å². The van der Waals surface area contributed by atoms with E-state index in [0.717, 1.165) is 31.0 Å². The molecule has 0 aromatic carbocycles. The molecule has 0 atom stereocenters. The first kappa shape index (κ1) is 9.33. The van der Waals surface area contributed by atoms with Gasteiger partial charge in [0.15, 0.2) is 5.82 Å². The van der Waals surface area contributed by atoms with Gasteiger partial charge in [-0.3, -0.25) is 14.8 Å². The highest BCUT2D eigenvalue weighted by Gasteiger charge is 2.17. The lowest BCUT2D eigenvalue weighted by molar-refractivity contribution is -0.122. The summed E-state index contributed by atoms with van der Waals surface area (Å²) in [6, 6.07) is 0. The van der Waals surface area contributed by atoms with Crippen molar-refractivity contribution in [3.8, 4) is 0 Å². The third-order valence-corrected chi connectivity index (χ3v) is 2.34. The van der Waals surface area contributed by atoms with E-state index in [2.05, 4.69) is 20.1 Å². The summed E-state index contributed by atoms with van der Waals surface area (Å²) in [6.07, 6.45) is 1.69. The normalized spacial score (nSPS) is 18.8. The van der Waals surface area contributed by atoms with E-state index in [1.165, 1.54) is 0 Å². The Hall–Kier alpha value is -1.23. The minimum Gasteiger partial charge on any atom is -0.298 e. The average Bonchev–Trinajstić information content (AvgIpc) is 2.51. The van der Waals surface area contributed by atoms with E-state index in [4.69, 9.17) is 0 Å². The van der Waals surface area contributed by atoms with Crippen LogP contribution < -0.4 is 0 Å². The molecule has 0 radical (unpaired) electrons. The SMILES string of the molecule is Cc1nc(CN2CCCC(=O)C2)n[nH]1. The molecule has 5 nitrogen and oxygen atoms in total. The van der Waals surface area contributed by atoms with Gasteiger partial charge in [-0.25, -0.2) is 4.98 Å². The number of carbonyl (C=O) groups excluding carboxylic acids is 1. The number of ketones is 1. The number of Topliss-reactive ketones (excluding diaryl/α,β-unsaturated/α-hetero) is 1. The van der Waals surface area contributed by atoms with Gasteiger partial charge in [-0.1, -0.05) is 0 Å². The fourth-order valence-electron chi connectivity index (χ4n) is 1.70. The predicted octanol–water partition coefficient (Wildman–Crippen LogP) is 0.278. The highest BCUT2D eigenvalue weighted by Crippen LogP contribution is 2.08. The number of nitrogens with one attached hydrogen (secondary N) is 1. The number of rotatable bonds is 2. The molecule has 2 heterocycles. The lowest BCUT2D eigenvalue weighted by atomic mass is 10.1. The predicted molar refractivity (Wildman–Crippen MR) is 50.6 cm³/mol. The summed E-state index contributed by atoms with van der Waals surface area (Å²) in [7, 11) is 0. The fourth-order valence-corrected chi connectivity index (χ4v) is 1.70. The summed E-state index contributed by atoms with van der Waals surface area (Å²) in [5.74, 6) is 1.92. The van der Waals surface area contributed by atoms with Crippen molar-refractivity contribution in [1.82, 2.24) is 20.1 Å². The standard InChI is InChI=1S/C9H14N4O/c1-7-10-9(12-11-7)6-13-4-2-3-8(14)5-13/h2-6H2,1H3,(H,10,11,12). The number of aromatic nitrogens is 3. The first-order valence-electron chi connectivity index (χ1n) is 4.86. The van der Waals surface area contributed by atoms with Crippen LogP contribution in [-0.4, -0.2) is 39.0 Å². The highest BCUT2D eigenvalue weighted by molar-refractivity contribution is 5.81. The minimum atomic E-state index is 0.323. The van der Waals surface area contributed by atoms with Gasteiger partial charge < -0.3 is 0 Å². The Kier molecular flexibility index (Phi) is 2.58. The maximum atomic E-state index is 11.2. The van der Waals surface area contributed by atoms with Crippen LogP contribution in [0.15, 0.2) is 0 Å². The monoisotopic (exact) mass is 194 g/mol. The molecule has 0 amide bonds. The average molecular weight is 194 g/mol. The number of nitrogens with zero attached hydrogens (tertiary/aromatic N) is 3. The maximum absolute atomic E-state index is 11.2. The van der Waals surface area contributed by atoms with Crippen molar-refractivity contribution in [2.75, 3.05) is 13.1 Å². The summed E-state index contributed by atoms with van der Waals surface area (Å²) in [6.45, 7) is 4.07. The minimum absolute atomic E-state index is 0.323. The Morgan fingerprint density at radius 1 is 1.57 bits per heavy atom. The van der Waals surface area contributed by atoms with Crippen LogP contribution in [0.5, 0.6) is 0 Å². The molecule has 76 valence electrons. The molecule has 1 aromatic heterocycles. The van der Waals surface area contributed by atoms with Gasteiger partial charge in [-0.2, -0.15) is 5.10 Å². The molecule has 0 spiro atoms. The quantitative estimate of drug-likeness (QED) is 0.734. The number of aryl methyl sites for hydroxylation is 1. The maximum Gasteiger partial charge on any atom is 0.164 e. The van der Waals surface area contributed by atoms with Crippen molar-refractivity contribution in [2.45, 2.75) is 26.3 Å². The van der Waals surface area contributed by atoms with Gasteiger partial charge in [-0.15, -0.1) is 0 Å². The van der Waals surface area contributed by atoms with Crippen molar-refractivity contribution in [3.63, 3.8) is 0 Å². The molecular weight excluding hydrogens is 180 g/mol. The summed E-state index contributed by atoms with van der Waals surface area (Å²) in [5.41, 5.74) is 0. The largest absolute Gasteiger partial charge is 0.298 e. The van der Waals surface area contributed by atoms with Gasteiger partial charge >= 0.3 is 0 Å². The number of piperidine rings is 1. The molecule has 14 heavy (non-hydrogen) atoms. The summed E-state index contributed by atoms with van der Waals surface area (Å²) in [4.78, 5) is 17.5. The zero-order valence-corrected chi connectivity index (χ0v) is 8.29. The van der Waals surface area contributed by atoms with Crippen molar-refractivity contribution in [2.24, 2.45) is 0 Å². The van der Waals surface area contributed by atoms with Gasteiger partial charge in [-0.05, 0) is 19.9 Å². The Balaban J connectivity index is 1.93. The number of likely N-dealkylation sites (tertiary alicyclic amines) is 1. The van der Waals surface area contributed by atoms with Crippen LogP contribution in [0, 0.1) is 6.92 Å². The van der Waals surface area contributed by atoms with Crippen LogP contribution in [0.4, 0.5) is 0 Å². The van der Waals surface area contributed by atoms with Crippen LogP contribution in [-0.2, 0) is 11.3 Å². The molecule has 1 fully saturated rings. The number of aromatic amines is 1. The second kappa shape index (κ2) is 3.88. The molecule has 0 unspecified atom stereocenters. The summed E-state index contributed by atoms with van der Waals surface area (Å²) in [5, 5.41) is 6.84. The van der Waals surface area contributed by atoms with Crippen LogP contribution in [0.2, 0.25) is 0 Å². The molecule has 5 heteroatoms. The number of hydrogen-bond donors (Lipinski definition) is 1. The lowest BCUT2D eigenvalue weighted by Gasteiger charge is -2.23. The number of H-pyrrole nitrogens is 1. The van der Waals surface area contributed by atoms with Crippen LogP contribution in [0.25, 0.3) is 0 Å². The van der Waals surface area contributed by atoms with Crippen molar-refractivity contribution < 1.29 is 4.79 Å². The topological polar surface area (TPSA) is 61.9 Å². The molecule has 1 aromatic rings. The van der Waals surface area contributed by atoms with Crippen LogP contribution >= 0.6 is 0 Å².